The monoisotopic (exact) mass is 239 g/mol. The zero-order valence-corrected chi connectivity index (χ0v) is 10.2. The zero-order chi connectivity index (χ0) is 12.7. The van der Waals surface area contributed by atoms with Gasteiger partial charge in [-0.15, -0.1) is 0 Å². The third-order valence-corrected chi connectivity index (χ3v) is 2.25. The van der Waals surface area contributed by atoms with Gasteiger partial charge in [0.05, 0.1) is 5.56 Å². The van der Waals surface area contributed by atoms with E-state index >= 15 is 0 Å². The Balaban J connectivity index is 2.40. The summed E-state index contributed by atoms with van der Waals surface area (Å²) in [5.41, 5.74) is 0.369. The molecule has 0 amide bonds. The number of carbonyl (C=O) groups is 1. The predicted molar refractivity (Wildman–Crippen MR) is 64.4 cm³/mol. The molecule has 3 nitrogen and oxygen atoms in total. The van der Waals surface area contributed by atoms with Crippen LogP contribution in [0.3, 0.4) is 0 Å². The van der Waals surface area contributed by atoms with Gasteiger partial charge in [0.2, 0.25) is 0 Å². The smallest absolute Gasteiger partial charge is 0.338 e. The van der Waals surface area contributed by atoms with E-state index in [4.69, 9.17) is 4.74 Å². The van der Waals surface area contributed by atoms with Crippen molar-refractivity contribution < 1.29 is 13.9 Å². The molecule has 0 saturated carbocycles. The molecule has 1 unspecified atom stereocenters. The summed E-state index contributed by atoms with van der Waals surface area (Å²) in [5.74, 6) is -0.782. The molecule has 0 spiro atoms. The van der Waals surface area contributed by atoms with Gasteiger partial charge in [0.15, 0.2) is 0 Å². The Morgan fingerprint density at radius 1 is 1.41 bits per heavy atom. The fraction of sp³-hybridized carbons (Fsp3) is 0.462. The molecule has 0 aliphatic rings. The number of ether oxygens (including phenoxy) is 1. The summed E-state index contributed by atoms with van der Waals surface area (Å²) in [7, 11) is 0. The zero-order valence-electron chi connectivity index (χ0n) is 10.2. The molecule has 0 fully saturated rings. The van der Waals surface area contributed by atoms with Crippen molar-refractivity contribution in [2.45, 2.75) is 26.4 Å². The summed E-state index contributed by atoms with van der Waals surface area (Å²) in [4.78, 5) is 11.6. The van der Waals surface area contributed by atoms with Crippen LogP contribution in [0.4, 0.5) is 4.39 Å². The molecule has 1 N–H and O–H groups in total. The van der Waals surface area contributed by atoms with Crippen molar-refractivity contribution in [2.24, 2.45) is 0 Å². The van der Waals surface area contributed by atoms with Gasteiger partial charge in [0.1, 0.15) is 11.9 Å². The van der Waals surface area contributed by atoms with E-state index in [2.05, 4.69) is 12.2 Å². The van der Waals surface area contributed by atoms with Crippen molar-refractivity contribution in [2.75, 3.05) is 13.1 Å². The Morgan fingerprint density at radius 3 is 2.65 bits per heavy atom. The normalized spacial score (nSPS) is 12.2. The van der Waals surface area contributed by atoms with Gasteiger partial charge in [0.25, 0.3) is 0 Å². The molecular formula is C13H18FNO2. The van der Waals surface area contributed by atoms with Crippen LogP contribution in [-0.2, 0) is 4.74 Å². The molecule has 4 heteroatoms. The highest BCUT2D eigenvalue weighted by atomic mass is 19.1. The molecule has 1 aromatic carbocycles. The number of hydrogen-bond acceptors (Lipinski definition) is 3. The molecular weight excluding hydrogens is 221 g/mol. The SMILES string of the molecule is CCCNCC(C)OC(=O)c1ccc(F)cc1. The van der Waals surface area contributed by atoms with Crippen LogP contribution < -0.4 is 5.32 Å². The minimum absolute atomic E-state index is 0.195. The Hall–Kier alpha value is -1.42. The van der Waals surface area contributed by atoms with Crippen LogP contribution in [0.1, 0.15) is 30.6 Å². The Kier molecular flexibility index (Phi) is 5.63. The Morgan fingerprint density at radius 2 is 2.06 bits per heavy atom. The van der Waals surface area contributed by atoms with E-state index < -0.39 is 5.97 Å². The maximum absolute atomic E-state index is 12.7. The van der Waals surface area contributed by atoms with Crippen LogP contribution >= 0.6 is 0 Å². The van der Waals surface area contributed by atoms with Crippen molar-refractivity contribution in [3.8, 4) is 0 Å². The second-order valence-corrected chi connectivity index (χ2v) is 3.93. The molecule has 1 aromatic rings. The summed E-state index contributed by atoms with van der Waals surface area (Å²) >= 11 is 0. The number of benzene rings is 1. The molecule has 1 rings (SSSR count). The Bertz CT molecular complexity index is 351. The second-order valence-electron chi connectivity index (χ2n) is 3.93. The fourth-order valence-corrected chi connectivity index (χ4v) is 1.36. The lowest BCUT2D eigenvalue weighted by molar-refractivity contribution is 0.0343. The second kappa shape index (κ2) is 7.01. The highest BCUT2D eigenvalue weighted by molar-refractivity contribution is 5.89. The van der Waals surface area contributed by atoms with Gasteiger partial charge < -0.3 is 10.1 Å². The molecule has 94 valence electrons. The minimum atomic E-state index is -0.421. The van der Waals surface area contributed by atoms with E-state index in [1.807, 2.05) is 6.92 Å². The van der Waals surface area contributed by atoms with Crippen molar-refractivity contribution in [3.05, 3.63) is 35.6 Å². The van der Waals surface area contributed by atoms with Gasteiger partial charge in [-0.2, -0.15) is 0 Å². The Labute approximate surface area is 101 Å². The number of halogens is 1. The van der Waals surface area contributed by atoms with Crippen molar-refractivity contribution in [1.29, 1.82) is 0 Å². The molecule has 0 aliphatic carbocycles. The number of nitrogens with one attached hydrogen (secondary N) is 1. The third kappa shape index (κ3) is 4.95. The lowest BCUT2D eigenvalue weighted by atomic mass is 10.2. The van der Waals surface area contributed by atoms with Crippen molar-refractivity contribution in [1.82, 2.24) is 5.32 Å². The number of carbonyl (C=O) groups excluding carboxylic acids is 1. The lowest BCUT2D eigenvalue weighted by Gasteiger charge is -2.13. The highest BCUT2D eigenvalue weighted by Crippen LogP contribution is 2.06. The van der Waals surface area contributed by atoms with E-state index in [9.17, 15) is 9.18 Å². The molecule has 0 bridgehead atoms. The molecule has 1 atom stereocenters. The van der Waals surface area contributed by atoms with Gasteiger partial charge >= 0.3 is 5.97 Å². The minimum Gasteiger partial charge on any atom is -0.458 e. The van der Waals surface area contributed by atoms with Gasteiger partial charge in [-0.05, 0) is 44.2 Å². The number of rotatable bonds is 6. The maximum atomic E-state index is 12.7. The summed E-state index contributed by atoms with van der Waals surface area (Å²) < 4.78 is 17.9. The molecule has 0 saturated heterocycles. The van der Waals surface area contributed by atoms with Gasteiger partial charge in [-0.25, -0.2) is 9.18 Å². The highest BCUT2D eigenvalue weighted by Gasteiger charge is 2.11. The van der Waals surface area contributed by atoms with Crippen LogP contribution in [-0.4, -0.2) is 25.2 Å². The van der Waals surface area contributed by atoms with Crippen LogP contribution in [0, 0.1) is 5.82 Å². The summed E-state index contributed by atoms with van der Waals surface area (Å²) in [6.45, 7) is 5.42. The molecule has 17 heavy (non-hydrogen) atoms. The first-order valence-electron chi connectivity index (χ1n) is 5.80. The molecule has 0 heterocycles. The standard InChI is InChI=1S/C13H18FNO2/c1-3-8-15-9-10(2)17-13(16)11-4-6-12(14)7-5-11/h4-7,10,15H,3,8-9H2,1-2H3. The van der Waals surface area contributed by atoms with Gasteiger partial charge in [-0.3, -0.25) is 0 Å². The molecule has 0 aliphatic heterocycles. The van der Waals surface area contributed by atoms with Crippen LogP contribution in [0.2, 0.25) is 0 Å². The van der Waals surface area contributed by atoms with E-state index in [0.29, 0.717) is 12.1 Å². The third-order valence-electron chi connectivity index (χ3n) is 2.25. The molecule has 0 aromatic heterocycles. The van der Waals surface area contributed by atoms with Crippen LogP contribution in [0.15, 0.2) is 24.3 Å². The van der Waals surface area contributed by atoms with Crippen molar-refractivity contribution in [3.63, 3.8) is 0 Å². The fourth-order valence-electron chi connectivity index (χ4n) is 1.36. The maximum Gasteiger partial charge on any atom is 0.338 e. The topological polar surface area (TPSA) is 38.3 Å². The summed E-state index contributed by atoms with van der Waals surface area (Å²) in [5, 5.41) is 3.16. The van der Waals surface area contributed by atoms with E-state index in [-0.39, 0.29) is 11.9 Å². The van der Waals surface area contributed by atoms with E-state index in [1.165, 1.54) is 24.3 Å². The summed E-state index contributed by atoms with van der Waals surface area (Å²) in [6.07, 6.45) is 0.845. The average molecular weight is 239 g/mol. The predicted octanol–water partition coefficient (Wildman–Crippen LogP) is 2.37. The van der Waals surface area contributed by atoms with E-state index in [0.717, 1.165) is 13.0 Å². The lowest BCUT2D eigenvalue weighted by Crippen LogP contribution is -2.29. The van der Waals surface area contributed by atoms with Gasteiger partial charge in [0, 0.05) is 6.54 Å². The number of esters is 1. The van der Waals surface area contributed by atoms with Gasteiger partial charge in [-0.1, -0.05) is 6.92 Å². The quantitative estimate of drug-likeness (QED) is 0.612. The molecule has 0 radical (unpaired) electrons. The van der Waals surface area contributed by atoms with Crippen LogP contribution in [0.5, 0.6) is 0 Å². The first-order valence-corrected chi connectivity index (χ1v) is 5.80. The van der Waals surface area contributed by atoms with Crippen molar-refractivity contribution >= 4 is 5.97 Å². The van der Waals surface area contributed by atoms with E-state index in [1.54, 1.807) is 0 Å². The van der Waals surface area contributed by atoms with Crippen LogP contribution in [0.25, 0.3) is 0 Å². The number of hydrogen-bond donors (Lipinski definition) is 1. The largest absolute Gasteiger partial charge is 0.458 e. The first-order chi connectivity index (χ1) is 8.13. The summed E-state index contributed by atoms with van der Waals surface area (Å²) in [6, 6.07) is 5.33. The average Bonchev–Trinajstić information content (AvgIpc) is 2.30. The first kappa shape index (κ1) is 13.6.